The molecule has 0 amide bonds. The van der Waals surface area contributed by atoms with Crippen LogP contribution in [0, 0.1) is 34.5 Å². The quantitative estimate of drug-likeness (QED) is 0.531. The largest absolute Gasteiger partial charge is 0.411 e. The molecule has 0 aromatic rings. The van der Waals surface area contributed by atoms with E-state index in [2.05, 4.69) is 19.0 Å². The predicted octanol–water partition coefficient (Wildman–Crippen LogP) is 4.43. The lowest BCUT2D eigenvalue weighted by molar-refractivity contribution is -0.136. The van der Waals surface area contributed by atoms with Crippen molar-refractivity contribution < 1.29 is 10.0 Å². The average Bonchev–Trinajstić information content (AvgIpc) is 2.84. The summed E-state index contributed by atoms with van der Waals surface area (Å²) in [7, 11) is 0. The van der Waals surface area contributed by atoms with Gasteiger partial charge in [-0.15, -0.1) is 0 Å². The van der Waals surface area contributed by atoms with Gasteiger partial charge < -0.3 is 5.21 Å². The van der Waals surface area contributed by atoms with Crippen LogP contribution in [-0.4, -0.2) is 16.7 Å². The molecule has 0 unspecified atom stereocenters. The van der Waals surface area contributed by atoms with Gasteiger partial charge in [0.25, 0.3) is 0 Å². The number of hydrogen-bond acceptors (Lipinski definition) is 3. The van der Waals surface area contributed by atoms with Crippen LogP contribution in [0.2, 0.25) is 0 Å². The van der Waals surface area contributed by atoms with Crippen molar-refractivity contribution in [1.29, 1.82) is 0 Å². The Labute approximate surface area is 133 Å². The second kappa shape index (κ2) is 4.82. The third-order valence-corrected chi connectivity index (χ3v) is 8.34. The zero-order chi connectivity index (χ0) is 15.5. The molecule has 0 radical (unpaired) electrons. The summed E-state index contributed by atoms with van der Waals surface area (Å²) in [5.74, 6) is 3.40. The van der Waals surface area contributed by atoms with Crippen molar-refractivity contribution in [2.24, 2.45) is 39.7 Å². The summed E-state index contributed by atoms with van der Waals surface area (Å²) in [4.78, 5) is 11.9. The van der Waals surface area contributed by atoms with Gasteiger partial charge >= 0.3 is 0 Å². The summed E-state index contributed by atoms with van der Waals surface area (Å²) in [6, 6.07) is 0. The van der Waals surface area contributed by atoms with Gasteiger partial charge in [0, 0.05) is 18.3 Å². The topological polar surface area (TPSA) is 49.7 Å². The Morgan fingerprint density at radius 2 is 1.86 bits per heavy atom. The van der Waals surface area contributed by atoms with E-state index >= 15 is 0 Å². The molecule has 122 valence electrons. The first-order chi connectivity index (χ1) is 10.5. The van der Waals surface area contributed by atoms with Crippen LogP contribution in [0.4, 0.5) is 0 Å². The minimum atomic E-state index is 0.142. The van der Waals surface area contributed by atoms with Crippen molar-refractivity contribution in [2.45, 2.75) is 71.6 Å². The molecule has 0 spiro atoms. The van der Waals surface area contributed by atoms with Gasteiger partial charge in [-0.1, -0.05) is 19.0 Å². The fraction of sp³-hybridized carbons (Fsp3) is 0.895. The number of hydrogen-bond donors (Lipinski definition) is 1. The van der Waals surface area contributed by atoms with E-state index in [-0.39, 0.29) is 5.41 Å². The van der Waals surface area contributed by atoms with Crippen molar-refractivity contribution >= 4 is 11.5 Å². The van der Waals surface area contributed by atoms with E-state index in [1.807, 2.05) is 0 Å². The Kier molecular flexibility index (Phi) is 3.22. The van der Waals surface area contributed by atoms with E-state index in [0.717, 1.165) is 43.2 Å². The van der Waals surface area contributed by atoms with Crippen molar-refractivity contribution in [3.05, 3.63) is 0 Å². The third-order valence-electron chi connectivity index (χ3n) is 8.34. The molecule has 4 saturated carbocycles. The lowest BCUT2D eigenvalue weighted by atomic mass is 9.45. The zero-order valence-corrected chi connectivity index (χ0v) is 14.0. The van der Waals surface area contributed by atoms with Crippen LogP contribution in [0.25, 0.3) is 0 Å². The molecule has 0 aromatic heterocycles. The van der Waals surface area contributed by atoms with Crippen molar-refractivity contribution in [3.63, 3.8) is 0 Å². The first kappa shape index (κ1) is 14.7. The number of Topliss-reactive ketones (excluding diaryl/α,β-unsaturated/α-hetero) is 1. The molecular formula is C19H29NO2. The van der Waals surface area contributed by atoms with Gasteiger partial charge in [-0.05, 0) is 74.0 Å². The highest BCUT2D eigenvalue weighted by molar-refractivity contribution is 5.92. The molecule has 4 aliphatic rings. The van der Waals surface area contributed by atoms with Crippen LogP contribution < -0.4 is 0 Å². The molecule has 22 heavy (non-hydrogen) atoms. The van der Waals surface area contributed by atoms with Gasteiger partial charge in [0.1, 0.15) is 5.78 Å². The summed E-state index contributed by atoms with van der Waals surface area (Å²) in [6.45, 7) is 4.83. The number of ketones is 1. The fourth-order valence-corrected chi connectivity index (χ4v) is 7.00. The molecule has 3 heteroatoms. The standard InChI is InChI=1S/C19H29NO2/c1-18-9-7-13(21)11-12(18)3-4-14-15-5-6-17(20-22)19(15,2)10-8-16(14)18/h12,14-16,22H,3-11H2,1-2H3/b20-17-/t12-,14-,15-,16-,18-,19-/m0/s1. The van der Waals surface area contributed by atoms with E-state index < -0.39 is 0 Å². The van der Waals surface area contributed by atoms with Crippen molar-refractivity contribution in [3.8, 4) is 0 Å². The van der Waals surface area contributed by atoms with Gasteiger partial charge in [0.15, 0.2) is 0 Å². The normalized spacial score (nSPS) is 53.0. The molecule has 0 saturated heterocycles. The molecule has 0 heterocycles. The lowest BCUT2D eigenvalue weighted by Gasteiger charge is -2.59. The van der Waals surface area contributed by atoms with Crippen LogP contribution in [0.5, 0.6) is 0 Å². The van der Waals surface area contributed by atoms with Gasteiger partial charge in [0.2, 0.25) is 0 Å². The minimum Gasteiger partial charge on any atom is -0.411 e. The van der Waals surface area contributed by atoms with Crippen LogP contribution in [0.1, 0.15) is 71.6 Å². The first-order valence-corrected chi connectivity index (χ1v) is 9.22. The number of rotatable bonds is 0. The number of carbonyl (C=O) groups excluding carboxylic acids is 1. The summed E-state index contributed by atoms with van der Waals surface area (Å²) >= 11 is 0. The van der Waals surface area contributed by atoms with Crippen molar-refractivity contribution in [1.82, 2.24) is 0 Å². The molecule has 1 N–H and O–H groups in total. The highest BCUT2D eigenvalue weighted by atomic mass is 16.4. The maximum Gasteiger partial charge on any atom is 0.133 e. The minimum absolute atomic E-state index is 0.142. The fourth-order valence-electron chi connectivity index (χ4n) is 7.00. The predicted molar refractivity (Wildman–Crippen MR) is 86.0 cm³/mol. The molecule has 6 atom stereocenters. The smallest absolute Gasteiger partial charge is 0.133 e. The van der Waals surface area contributed by atoms with Crippen molar-refractivity contribution in [2.75, 3.05) is 0 Å². The molecule has 4 aliphatic carbocycles. The summed E-state index contributed by atoms with van der Waals surface area (Å²) < 4.78 is 0. The molecule has 4 rings (SSSR count). The molecule has 3 nitrogen and oxygen atoms in total. The van der Waals surface area contributed by atoms with Crippen LogP contribution >= 0.6 is 0 Å². The van der Waals surface area contributed by atoms with Gasteiger partial charge in [-0.3, -0.25) is 4.79 Å². The maximum atomic E-state index is 11.9. The second-order valence-electron chi connectivity index (χ2n) is 8.94. The van der Waals surface area contributed by atoms with E-state index in [1.54, 1.807) is 0 Å². The molecule has 0 aliphatic heterocycles. The second-order valence-corrected chi connectivity index (χ2v) is 8.94. The Hall–Kier alpha value is -0.860. The average molecular weight is 303 g/mol. The Balaban J connectivity index is 1.65. The van der Waals surface area contributed by atoms with Gasteiger partial charge in [-0.25, -0.2) is 0 Å². The highest BCUT2D eigenvalue weighted by Crippen LogP contribution is 2.65. The summed E-state index contributed by atoms with van der Waals surface area (Å²) in [5.41, 5.74) is 1.59. The highest BCUT2D eigenvalue weighted by Gasteiger charge is 2.59. The number of carbonyl (C=O) groups is 1. The van der Waals surface area contributed by atoms with Crippen LogP contribution in [-0.2, 0) is 4.79 Å². The van der Waals surface area contributed by atoms with E-state index in [1.165, 1.54) is 32.1 Å². The Morgan fingerprint density at radius 3 is 2.64 bits per heavy atom. The number of fused-ring (bicyclic) bond motifs is 5. The van der Waals surface area contributed by atoms with E-state index in [0.29, 0.717) is 23.0 Å². The van der Waals surface area contributed by atoms with E-state index in [4.69, 9.17) is 0 Å². The molecule has 4 fully saturated rings. The molecular weight excluding hydrogens is 274 g/mol. The van der Waals surface area contributed by atoms with Gasteiger partial charge in [0.05, 0.1) is 5.71 Å². The third kappa shape index (κ3) is 1.80. The molecule has 0 aromatic carbocycles. The maximum absolute atomic E-state index is 11.9. The van der Waals surface area contributed by atoms with Gasteiger partial charge in [-0.2, -0.15) is 0 Å². The SMILES string of the molecule is C[C@]12CCC(=O)C[C@@H]1CC[C@@H]1[C@@H]2CC[C@]2(C)/C(=N\O)CC[C@@H]12. The monoisotopic (exact) mass is 303 g/mol. The number of oxime groups is 1. The van der Waals surface area contributed by atoms with Crippen LogP contribution in [0.3, 0.4) is 0 Å². The zero-order valence-electron chi connectivity index (χ0n) is 14.0. The number of nitrogens with zero attached hydrogens (tertiary/aromatic N) is 1. The Morgan fingerprint density at radius 1 is 1.05 bits per heavy atom. The van der Waals surface area contributed by atoms with Crippen LogP contribution in [0.15, 0.2) is 5.16 Å². The first-order valence-electron chi connectivity index (χ1n) is 9.22. The van der Waals surface area contributed by atoms with E-state index in [9.17, 15) is 10.0 Å². The Bertz CT molecular complexity index is 528. The summed E-state index contributed by atoms with van der Waals surface area (Å²) in [5, 5.41) is 13.0. The lowest BCUT2D eigenvalue weighted by Crippen LogP contribution is -2.53. The summed E-state index contributed by atoms with van der Waals surface area (Å²) in [6.07, 6.45) is 9.91. The molecule has 0 bridgehead atoms.